The number of esters is 1. The van der Waals surface area contributed by atoms with Gasteiger partial charge in [0.15, 0.2) is 0 Å². The lowest BCUT2D eigenvalue weighted by molar-refractivity contribution is -0.145. The summed E-state index contributed by atoms with van der Waals surface area (Å²) in [6, 6.07) is 7.37. The van der Waals surface area contributed by atoms with Crippen molar-refractivity contribution in [3.05, 3.63) is 42.2 Å². The van der Waals surface area contributed by atoms with Gasteiger partial charge in [-0.3, -0.25) is 4.98 Å². The molecule has 0 saturated carbocycles. The summed E-state index contributed by atoms with van der Waals surface area (Å²) >= 11 is 0. The Morgan fingerprint density at radius 3 is 2.89 bits per heavy atom. The molecule has 1 heterocycles. The number of likely N-dealkylation sites (N-methyl/N-ethyl adjacent to an activating group) is 1. The van der Waals surface area contributed by atoms with Gasteiger partial charge < -0.3 is 10.1 Å². The van der Waals surface area contributed by atoms with Gasteiger partial charge in [0.2, 0.25) is 0 Å². The third-order valence-corrected chi connectivity index (χ3v) is 2.82. The Hall–Kier alpha value is -1.94. The Morgan fingerprint density at radius 1 is 1.39 bits per heavy atom. The van der Waals surface area contributed by atoms with E-state index in [1.807, 2.05) is 24.3 Å². The third kappa shape index (κ3) is 2.33. The molecule has 1 aromatic heterocycles. The van der Waals surface area contributed by atoms with E-state index < -0.39 is 6.04 Å². The van der Waals surface area contributed by atoms with Crippen molar-refractivity contribution in [3.63, 3.8) is 0 Å². The van der Waals surface area contributed by atoms with Crippen LogP contribution in [0.1, 0.15) is 18.5 Å². The molecule has 0 aliphatic carbocycles. The SMILES string of the molecule is CCOC(=O)C(NC)c1cncc2ccccc12. The van der Waals surface area contributed by atoms with Gasteiger partial charge in [0.25, 0.3) is 0 Å². The van der Waals surface area contributed by atoms with Crippen LogP contribution in [0.25, 0.3) is 10.8 Å². The van der Waals surface area contributed by atoms with Crippen LogP contribution in [0.2, 0.25) is 0 Å². The van der Waals surface area contributed by atoms with Crippen LogP contribution in [0, 0.1) is 0 Å². The molecule has 1 unspecified atom stereocenters. The van der Waals surface area contributed by atoms with Gasteiger partial charge >= 0.3 is 5.97 Å². The second-order valence-electron chi connectivity index (χ2n) is 3.92. The average Bonchev–Trinajstić information content (AvgIpc) is 2.40. The smallest absolute Gasteiger partial charge is 0.327 e. The molecular weight excluding hydrogens is 228 g/mol. The first-order valence-electron chi connectivity index (χ1n) is 5.94. The molecule has 0 aliphatic heterocycles. The predicted octanol–water partition coefficient (Wildman–Crippen LogP) is 2.06. The summed E-state index contributed by atoms with van der Waals surface area (Å²) in [5.74, 6) is -0.279. The topological polar surface area (TPSA) is 51.2 Å². The number of nitrogens with one attached hydrogen (secondary N) is 1. The van der Waals surface area contributed by atoms with Gasteiger partial charge in [0.1, 0.15) is 6.04 Å². The van der Waals surface area contributed by atoms with Gasteiger partial charge in [-0.1, -0.05) is 24.3 Å². The quantitative estimate of drug-likeness (QED) is 0.836. The maximum Gasteiger partial charge on any atom is 0.327 e. The maximum absolute atomic E-state index is 11.9. The van der Waals surface area contributed by atoms with E-state index in [4.69, 9.17) is 4.74 Å². The van der Waals surface area contributed by atoms with Crippen LogP contribution < -0.4 is 5.32 Å². The molecule has 1 aromatic carbocycles. The van der Waals surface area contributed by atoms with E-state index >= 15 is 0 Å². The minimum atomic E-state index is -0.483. The highest BCUT2D eigenvalue weighted by atomic mass is 16.5. The number of aromatic nitrogens is 1. The third-order valence-electron chi connectivity index (χ3n) is 2.82. The predicted molar refractivity (Wildman–Crippen MR) is 70.2 cm³/mol. The van der Waals surface area contributed by atoms with Crippen molar-refractivity contribution in [2.75, 3.05) is 13.7 Å². The Morgan fingerprint density at radius 2 is 2.17 bits per heavy atom. The van der Waals surface area contributed by atoms with Gasteiger partial charge in [-0.25, -0.2) is 4.79 Å². The molecule has 0 aliphatic rings. The van der Waals surface area contributed by atoms with Crippen LogP contribution in [0.5, 0.6) is 0 Å². The Labute approximate surface area is 106 Å². The van der Waals surface area contributed by atoms with E-state index in [1.54, 1.807) is 26.4 Å². The Bertz CT molecular complexity index is 549. The molecule has 0 spiro atoms. The lowest BCUT2D eigenvalue weighted by Gasteiger charge is -2.16. The first kappa shape index (κ1) is 12.5. The normalized spacial score (nSPS) is 12.3. The van der Waals surface area contributed by atoms with Gasteiger partial charge in [0.05, 0.1) is 6.61 Å². The highest BCUT2D eigenvalue weighted by molar-refractivity contribution is 5.90. The summed E-state index contributed by atoms with van der Waals surface area (Å²) in [5.41, 5.74) is 0.842. The number of rotatable bonds is 4. The Balaban J connectivity index is 2.48. The second kappa shape index (κ2) is 5.60. The van der Waals surface area contributed by atoms with Crippen LogP contribution in [0.3, 0.4) is 0 Å². The molecule has 0 fully saturated rings. The van der Waals surface area contributed by atoms with E-state index in [-0.39, 0.29) is 5.97 Å². The molecule has 0 bridgehead atoms. The van der Waals surface area contributed by atoms with Crippen LogP contribution in [-0.4, -0.2) is 24.6 Å². The number of carbonyl (C=O) groups excluding carboxylic acids is 1. The monoisotopic (exact) mass is 244 g/mol. The number of carbonyl (C=O) groups is 1. The van der Waals surface area contributed by atoms with Crippen LogP contribution in [0.15, 0.2) is 36.7 Å². The van der Waals surface area contributed by atoms with Gasteiger partial charge in [-0.05, 0) is 19.4 Å². The summed E-state index contributed by atoms with van der Waals surface area (Å²) in [5, 5.41) is 5.01. The van der Waals surface area contributed by atoms with Crippen molar-refractivity contribution in [1.29, 1.82) is 0 Å². The van der Waals surface area contributed by atoms with E-state index in [9.17, 15) is 4.79 Å². The largest absolute Gasteiger partial charge is 0.465 e. The number of ether oxygens (including phenoxy) is 1. The second-order valence-corrected chi connectivity index (χ2v) is 3.92. The maximum atomic E-state index is 11.9. The number of fused-ring (bicyclic) bond motifs is 1. The lowest BCUT2D eigenvalue weighted by atomic mass is 10.0. The standard InChI is InChI=1S/C14H16N2O2/c1-3-18-14(17)13(15-2)12-9-16-8-10-6-4-5-7-11(10)12/h4-9,13,15H,3H2,1-2H3. The fraction of sp³-hybridized carbons (Fsp3) is 0.286. The molecule has 1 N–H and O–H groups in total. The Kier molecular flexibility index (Phi) is 3.89. The molecule has 94 valence electrons. The van der Waals surface area contributed by atoms with Gasteiger partial charge in [-0.2, -0.15) is 0 Å². The van der Waals surface area contributed by atoms with Gasteiger partial charge in [0, 0.05) is 23.3 Å². The fourth-order valence-electron chi connectivity index (χ4n) is 2.00. The first-order valence-corrected chi connectivity index (χ1v) is 5.94. The lowest BCUT2D eigenvalue weighted by Crippen LogP contribution is -2.27. The molecule has 18 heavy (non-hydrogen) atoms. The van der Waals surface area contributed by atoms with Gasteiger partial charge in [-0.15, -0.1) is 0 Å². The zero-order valence-electron chi connectivity index (χ0n) is 10.5. The van der Waals surface area contributed by atoms with Crippen LogP contribution in [0.4, 0.5) is 0 Å². The number of pyridine rings is 1. The van der Waals surface area contributed by atoms with Crippen molar-refractivity contribution in [2.45, 2.75) is 13.0 Å². The minimum Gasteiger partial charge on any atom is -0.465 e. The first-order chi connectivity index (χ1) is 8.77. The van der Waals surface area contributed by atoms with Crippen LogP contribution in [-0.2, 0) is 9.53 Å². The van der Waals surface area contributed by atoms with E-state index in [0.29, 0.717) is 6.61 Å². The van der Waals surface area contributed by atoms with Crippen molar-refractivity contribution >= 4 is 16.7 Å². The molecule has 0 radical (unpaired) electrons. The van der Waals surface area contributed by atoms with Crippen molar-refractivity contribution in [1.82, 2.24) is 10.3 Å². The molecule has 2 aromatic rings. The summed E-state index contributed by atoms with van der Waals surface area (Å²) in [4.78, 5) is 16.1. The minimum absolute atomic E-state index is 0.279. The van der Waals surface area contributed by atoms with Crippen molar-refractivity contribution < 1.29 is 9.53 Å². The molecule has 4 nitrogen and oxygen atoms in total. The molecule has 0 amide bonds. The van der Waals surface area contributed by atoms with Crippen molar-refractivity contribution in [2.24, 2.45) is 0 Å². The zero-order valence-corrected chi connectivity index (χ0v) is 10.5. The molecule has 0 saturated heterocycles. The highest BCUT2D eigenvalue weighted by Gasteiger charge is 2.22. The molecule has 4 heteroatoms. The number of hydrogen-bond donors (Lipinski definition) is 1. The number of benzene rings is 1. The number of hydrogen-bond acceptors (Lipinski definition) is 4. The summed E-state index contributed by atoms with van der Waals surface area (Å²) in [7, 11) is 1.74. The highest BCUT2D eigenvalue weighted by Crippen LogP contribution is 2.23. The number of nitrogens with zero attached hydrogens (tertiary/aromatic N) is 1. The van der Waals surface area contributed by atoms with Crippen LogP contribution >= 0.6 is 0 Å². The summed E-state index contributed by atoms with van der Waals surface area (Å²) < 4.78 is 5.07. The zero-order chi connectivity index (χ0) is 13.0. The average molecular weight is 244 g/mol. The van der Waals surface area contributed by atoms with E-state index in [0.717, 1.165) is 16.3 Å². The summed E-state index contributed by atoms with van der Waals surface area (Å²) in [6.07, 6.45) is 3.50. The molecule has 2 rings (SSSR count). The molecule has 1 atom stereocenters. The molecular formula is C14H16N2O2. The van der Waals surface area contributed by atoms with E-state index in [2.05, 4.69) is 10.3 Å². The summed E-state index contributed by atoms with van der Waals surface area (Å²) in [6.45, 7) is 2.17. The fourth-order valence-corrected chi connectivity index (χ4v) is 2.00. The van der Waals surface area contributed by atoms with Crippen molar-refractivity contribution in [3.8, 4) is 0 Å². The van der Waals surface area contributed by atoms with E-state index in [1.165, 1.54) is 0 Å².